The molecule has 0 saturated carbocycles. The summed E-state index contributed by atoms with van der Waals surface area (Å²) in [4.78, 5) is 23.4. The second kappa shape index (κ2) is 8.36. The van der Waals surface area contributed by atoms with E-state index in [2.05, 4.69) is 5.32 Å². The molecule has 0 radical (unpaired) electrons. The molecule has 0 bridgehead atoms. The second-order valence-electron chi connectivity index (χ2n) is 6.07. The minimum Gasteiger partial charge on any atom is -0.321 e. The Balaban J connectivity index is 1.76. The largest absolute Gasteiger partial charge is 0.471 e. The third-order valence-electron chi connectivity index (χ3n) is 3.95. The van der Waals surface area contributed by atoms with Crippen LogP contribution < -0.4 is 10.6 Å². The Morgan fingerprint density at radius 2 is 1.59 bits per heavy atom. The molecule has 0 heterocycles. The van der Waals surface area contributed by atoms with Crippen LogP contribution in [0.3, 0.4) is 0 Å². The van der Waals surface area contributed by atoms with E-state index in [0.717, 1.165) is 16.3 Å². The van der Waals surface area contributed by atoms with Gasteiger partial charge >= 0.3 is 12.1 Å². The van der Waals surface area contributed by atoms with Crippen molar-refractivity contribution >= 4 is 51.6 Å². The molecule has 2 N–H and O–H groups in total. The van der Waals surface area contributed by atoms with Gasteiger partial charge in [-0.1, -0.05) is 48.0 Å². The van der Waals surface area contributed by atoms with Crippen LogP contribution in [-0.4, -0.2) is 18.0 Å². The predicted molar refractivity (Wildman–Crippen MR) is 108 cm³/mol. The van der Waals surface area contributed by atoms with E-state index in [1.54, 1.807) is 11.4 Å². The molecule has 0 fully saturated rings. The molecule has 0 unspecified atom stereocenters. The highest BCUT2D eigenvalue weighted by Gasteiger charge is 2.39. The first-order chi connectivity index (χ1) is 13.7. The lowest BCUT2D eigenvalue weighted by Crippen LogP contribution is -2.30. The van der Waals surface area contributed by atoms with E-state index in [1.165, 1.54) is 24.3 Å². The van der Waals surface area contributed by atoms with Crippen LogP contribution in [0.1, 0.15) is 5.56 Å². The Morgan fingerprint density at radius 3 is 2.31 bits per heavy atom. The van der Waals surface area contributed by atoms with Gasteiger partial charge in [0.05, 0.1) is 11.4 Å². The maximum Gasteiger partial charge on any atom is 0.471 e. The fourth-order valence-electron chi connectivity index (χ4n) is 2.58. The van der Waals surface area contributed by atoms with Crippen molar-refractivity contribution in [3.63, 3.8) is 0 Å². The van der Waals surface area contributed by atoms with Gasteiger partial charge in [-0.15, -0.1) is 0 Å². The van der Waals surface area contributed by atoms with E-state index in [4.69, 9.17) is 11.6 Å². The summed E-state index contributed by atoms with van der Waals surface area (Å²) >= 11 is 5.85. The summed E-state index contributed by atoms with van der Waals surface area (Å²) in [5.41, 5.74) is 0.503. The molecule has 29 heavy (non-hydrogen) atoms. The van der Waals surface area contributed by atoms with Crippen molar-refractivity contribution in [1.82, 2.24) is 0 Å². The number of nitrogens with one attached hydrogen (secondary N) is 2. The number of hydrogen-bond acceptors (Lipinski definition) is 2. The summed E-state index contributed by atoms with van der Waals surface area (Å²) in [6.07, 6.45) is -2.25. The zero-order valence-corrected chi connectivity index (χ0v) is 15.5. The van der Waals surface area contributed by atoms with Gasteiger partial charge in [0.25, 0.3) is 0 Å². The molecule has 0 spiro atoms. The Hall–Kier alpha value is -3.32. The molecule has 8 heteroatoms. The Bertz CT molecular complexity index is 1110. The number of benzene rings is 3. The molecule has 0 aliphatic rings. The maximum absolute atomic E-state index is 12.5. The molecule has 2 amide bonds. The molecule has 0 atom stereocenters. The summed E-state index contributed by atoms with van der Waals surface area (Å²) in [5.74, 6) is -2.75. The van der Waals surface area contributed by atoms with Crippen LogP contribution in [-0.2, 0) is 9.59 Å². The van der Waals surface area contributed by atoms with Gasteiger partial charge in [-0.3, -0.25) is 9.59 Å². The van der Waals surface area contributed by atoms with E-state index in [9.17, 15) is 22.8 Å². The topological polar surface area (TPSA) is 58.2 Å². The highest BCUT2D eigenvalue weighted by atomic mass is 35.5. The Labute approximate surface area is 169 Å². The number of hydrogen-bond donors (Lipinski definition) is 2. The summed E-state index contributed by atoms with van der Waals surface area (Å²) < 4.78 is 37.5. The van der Waals surface area contributed by atoms with Gasteiger partial charge in [0, 0.05) is 11.1 Å². The first-order valence-electron chi connectivity index (χ1n) is 8.38. The van der Waals surface area contributed by atoms with Crippen LogP contribution in [0.5, 0.6) is 0 Å². The lowest BCUT2D eigenvalue weighted by molar-refractivity contribution is -0.167. The summed E-state index contributed by atoms with van der Waals surface area (Å²) in [6.45, 7) is 0. The molecule has 4 nitrogen and oxygen atoms in total. The van der Waals surface area contributed by atoms with Gasteiger partial charge in [0.15, 0.2) is 0 Å². The average molecular weight is 419 g/mol. The first-order valence-corrected chi connectivity index (χ1v) is 8.76. The van der Waals surface area contributed by atoms with Crippen molar-refractivity contribution in [1.29, 1.82) is 0 Å². The highest BCUT2D eigenvalue weighted by Crippen LogP contribution is 2.28. The van der Waals surface area contributed by atoms with Crippen LogP contribution in [0, 0.1) is 0 Å². The van der Waals surface area contributed by atoms with Gasteiger partial charge in [-0.2, -0.15) is 13.2 Å². The minimum absolute atomic E-state index is 0.0525. The Kier molecular flexibility index (Phi) is 5.89. The maximum atomic E-state index is 12.5. The quantitative estimate of drug-likeness (QED) is 0.538. The monoisotopic (exact) mass is 418 g/mol. The molecular weight excluding hydrogens is 405 g/mol. The highest BCUT2D eigenvalue weighted by molar-refractivity contribution is 6.31. The Morgan fingerprint density at radius 1 is 0.862 bits per heavy atom. The molecule has 0 saturated heterocycles. The van der Waals surface area contributed by atoms with Crippen molar-refractivity contribution in [3.05, 3.63) is 77.3 Å². The normalized spacial score (nSPS) is 11.6. The van der Waals surface area contributed by atoms with Crippen LogP contribution in [0.25, 0.3) is 16.8 Å². The average Bonchev–Trinajstić information content (AvgIpc) is 2.67. The lowest BCUT2D eigenvalue weighted by atomic mass is 10.1. The number of halogens is 4. The zero-order chi connectivity index (χ0) is 21.0. The van der Waals surface area contributed by atoms with Crippen molar-refractivity contribution in [2.45, 2.75) is 6.18 Å². The second-order valence-corrected chi connectivity index (χ2v) is 6.51. The van der Waals surface area contributed by atoms with Crippen molar-refractivity contribution in [2.75, 3.05) is 10.6 Å². The third-order valence-corrected chi connectivity index (χ3v) is 4.18. The number of fused-ring (bicyclic) bond motifs is 1. The van der Waals surface area contributed by atoms with E-state index in [-0.39, 0.29) is 16.4 Å². The van der Waals surface area contributed by atoms with Crippen molar-refractivity contribution in [2.24, 2.45) is 0 Å². The molecule has 148 valence electrons. The van der Waals surface area contributed by atoms with E-state index in [0.29, 0.717) is 0 Å². The predicted octanol–water partition coefficient (Wildman–Crippen LogP) is 5.65. The minimum atomic E-state index is -5.06. The molecular formula is C21H14ClF3N2O2. The van der Waals surface area contributed by atoms with Crippen molar-refractivity contribution in [3.8, 4) is 0 Å². The van der Waals surface area contributed by atoms with E-state index < -0.39 is 18.0 Å². The fraction of sp³-hybridized carbons (Fsp3) is 0.0476. The number of anilines is 2. The van der Waals surface area contributed by atoms with Gasteiger partial charge in [-0.25, -0.2) is 0 Å². The third kappa shape index (κ3) is 5.36. The molecule has 3 rings (SSSR count). The summed E-state index contributed by atoms with van der Waals surface area (Å²) in [7, 11) is 0. The first kappa shape index (κ1) is 20.4. The summed E-state index contributed by atoms with van der Waals surface area (Å²) in [5, 5.41) is 6.38. The molecule has 0 aromatic heterocycles. The van der Waals surface area contributed by atoms with Gasteiger partial charge in [-0.05, 0) is 46.7 Å². The zero-order valence-electron chi connectivity index (χ0n) is 14.8. The van der Waals surface area contributed by atoms with Crippen molar-refractivity contribution < 1.29 is 22.8 Å². The van der Waals surface area contributed by atoms with Crippen LogP contribution >= 0.6 is 11.6 Å². The van der Waals surface area contributed by atoms with E-state index >= 15 is 0 Å². The molecule has 3 aromatic rings. The van der Waals surface area contributed by atoms with Crippen LogP contribution in [0.4, 0.5) is 24.5 Å². The number of carbonyl (C=O) groups excluding carboxylic acids is 2. The summed E-state index contributed by atoms with van der Waals surface area (Å²) in [6, 6.07) is 17.1. The van der Waals surface area contributed by atoms with Crippen LogP contribution in [0.15, 0.2) is 66.7 Å². The van der Waals surface area contributed by atoms with Gasteiger partial charge in [0.2, 0.25) is 5.91 Å². The van der Waals surface area contributed by atoms with Gasteiger partial charge in [0.1, 0.15) is 0 Å². The van der Waals surface area contributed by atoms with Crippen LogP contribution in [0.2, 0.25) is 5.02 Å². The van der Waals surface area contributed by atoms with E-state index in [1.807, 2.05) is 42.5 Å². The number of amides is 2. The number of carbonyl (C=O) groups is 2. The number of rotatable bonds is 4. The number of alkyl halides is 3. The SMILES string of the molecule is O=C(/C=C/c1ccc2ccccc2c1)Nc1cc(Cl)ccc1NC(=O)C(F)(F)F. The molecule has 0 aliphatic carbocycles. The lowest BCUT2D eigenvalue weighted by Gasteiger charge is -2.13. The molecule has 3 aromatic carbocycles. The molecule has 0 aliphatic heterocycles. The fourth-order valence-corrected chi connectivity index (χ4v) is 2.75. The van der Waals surface area contributed by atoms with Gasteiger partial charge < -0.3 is 10.6 Å². The smallest absolute Gasteiger partial charge is 0.321 e. The standard InChI is InChI=1S/C21H14ClF3N2O2/c22-16-8-9-17(27-20(29)21(23,24)25)18(12-16)26-19(28)10-6-13-5-7-14-3-1-2-4-15(14)11-13/h1-12H,(H,26,28)(H,27,29)/b10-6+.